The average Bonchev–Trinajstić information content (AvgIpc) is 3.05. The molecule has 182 valence electrons. The molecule has 4 aliphatic carbocycles. The number of rotatable bonds is 7. The van der Waals surface area contributed by atoms with E-state index in [1.54, 1.807) is 0 Å². The van der Waals surface area contributed by atoms with Crippen LogP contribution in [-0.4, -0.2) is 58.5 Å². The van der Waals surface area contributed by atoms with Crippen LogP contribution < -0.4 is 10.1 Å². The second-order valence-electron chi connectivity index (χ2n) is 10.3. The molecule has 7 rings (SSSR count). The molecule has 4 saturated carbocycles. The van der Waals surface area contributed by atoms with E-state index in [9.17, 15) is 22.4 Å². The maximum absolute atomic E-state index is 13.5. The van der Waals surface area contributed by atoms with E-state index in [4.69, 9.17) is 16.3 Å². The summed E-state index contributed by atoms with van der Waals surface area (Å²) in [5.74, 6) is 0.239. The van der Waals surface area contributed by atoms with Gasteiger partial charge >= 0.3 is 6.18 Å². The molecule has 2 bridgehead atoms. The molecule has 1 unspecified atom stereocenters. The largest absolute Gasteiger partial charge is 0.484 e. The van der Waals surface area contributed by atoms with E-state index in [1.165, 1.54) is 17.0 Å². The summed E-state index contributed by atoms with van der Waals surface area (Å²) < 4.78 is 58.6. The topological polar surface area (TPSA) is 59.4 Å². The van der Waals surface area contributed by atoms with Crippen LogP contribution >= 0.6 is 11.6 Å². The summed E-state index contributed by atoms with van der Waals surface area (Å²) in [4.78, 5) is 13.8. The summed E-state index contributed by atoms with van der Waals surface area (Å²) >= 11 is 5.64. The van der Waals surface area contributed by atoms with Gasteiger partial charge in [-0.15, -0.1) is 0 Å². The molecular weight excluding hydrogens is 476 g/mol. The number of carbonyl (C=O) groups is 1. The number of hydrogen-bond donors (Lipinski definition) is 1. The molecule has 0 radical (unpaired) electrons. The number of ether oxygens (including phenoxy) is 1. The molecule has 6 nitrogen and oxygen atoms in total. The predicted octanol–water partition coefficient (Wildman–Crippen LogP) is 3.71. The van der Waals surface area contributed by atoms with Gasteiger partial charge in [0.2, 0.25) is 0 Å². The van der Waals surface area contributed by atoms with E-state index in [2.05, 4.69) is 10.4 Å². The van der Waals surface area contributed by atoms with Crippen LogP contribution in [0.4, 0.5) is 17.6 Å². The van der Waals surface area contributed by atoms with Gasteiger partial charge in [-0.1, -0.05) is 11.6 Å². The van der Waals surface area contributed by atoms with Crippen molar-refractivity contribution >= 4 is 17.5 Å². The number of nitrogens with zero attached hydrogens (tertiary/aromatic N) is 3. The first-order valence-electron chi connectivity index (χ1n) is 11.3. The summed E-state index contributed by atoms with van der Waals surface area (Å²) in [5, 5.41) is 7.57. The van der Waals surface area contributed by atoms with Crippen LogP contribution in [0.3, 0.4) is 0 Å². The highest BCUT2D eigenvalue weighted by atomic mass is 35.5. The van der Waals surface area contributed by atoms with Gasteiger partial charge in [-0.2, -0.15) is 18.3 Å². The maximum atomic E-state index is 13.5. The van der Waals surface area contributed by atoms with Gasteiger partial charge in [0.1, 0.15) is 11.6 Å². The zero-order chi connectivity index (χ0) is 23.9. The Kier molecular flexibility index (Phi) is 4.78. The van der Waals surface area contributed by atoms with Gasteiger partial charge in [0, 0.05) is 30.9 Å². The molecule has 5 aliphatic rings. The minimum absolute atomic E-state index is 0.00827. The van der Waals surface area contributed by atoms with Crippen molar-refractivity contribution in [3.63, 3.8) is 0 Å². The summed E-state index contributed by atoms with van der Waals surface area (Å²) in [6, 6.07) is 4.02. The Morgan fingerprint density at radius 2 is 1.94 bits per heavy atom. The number of nitrogens with one attached hydrogen (secondary N) is 1. The summed E-state index contributed by atoms with van der Waals surface area (Å²) in [5.41, 5.74) is 0.748. The van der Waals surface area contributed by atoms with Crippen LogP contribution in [0.2, 0.25) is 5.02 Å². The van der Waals surface area contributed by atoms with Crippen molar-refractivity contribution in [2.24, 2.45) is 11.8 Å². The van der Waals surface area contributed by atoms with Gasteiger partial charge in [0.05, 0.1) is 23.3 Å². The standard InChI is InChI=1S/C23H23ClF4N4O2/c24-17-2-1-14(3-18(17)25)34-8-19(33)30-21-9-22(10-21,11-21)32-5-13(4-29-32)20-15-6-31(7-16(15)20)12-23(26,27)28/h1-5,15-16,20H,6-12H2,(H,30,33)/t15-,16+,20?,21?,22?. The molecule has 1 aliphatic heterocycles. The highest BCUT2D eigenvalue weighted by Crippen LogP contribution is 2.65. The van der Waals surface area contributed by atoms with Gasteiger partial charge in [0.15, 0.2) is 6.61 Å². The van der Waals surface area contributed by atoms with E-state index in [-0.39, 0.29) is 46.2 Å². The van der Waals surface area contributed by atoms with Gasteiger partial charge in [-0.3, -0.25) is 14.4 Å². The molecule has 5 fully saturated rings. The summed E-state index contributed by atoms with van der Waals surface area (Å²) in [7, 11) is 0. The van der Waals surface area contributed by atoms with Gasteiger partial charge in [-0.05, 0) is 54.7 Å². The molecule has 1 saturated heterocycles. The number of fused-ring (bicyclic) bond motifs is 1. The van der Waals surface area contributed by atoms with Gasteiger partial charge in [-0.25, -0.2) is 4.39 Å². The van der Waals surface area contributed by atoms with Crippen molar-refractivity contribution in [3.8, 4) is 5.75 Å². The summed E-state index contributed by atoms with van der Waals surface area (Å²) in [6.07, 6.45) is 2.08. The van der Waals surface area contributed by atoms with E-state index >= 15 is 0 Å². The fourth-order valence-electron chi connectivity index (χ4n) is 6.42. The molecule has 11 heteroatoms. The molecule has 0 spiro atoms. The molecule has 3 atom stereocenters. The van der Waals surface area contributed by atoms with E-state index < -0.39 is 18.5 Å². The fraction of sp³-hybridized carbons (Fsp3) is 0.565. The first-order valence-corrected chi connectivity index (χ1v) is 11.7. The van der Waals surface area contributed by atoms with Crippen molar-refractivity contribution in [2.75, 3.05) is 26.2 Å². The smallest absolute Gasteiger partial charge is 0.401 e. The SMILES string of the molecule is O=C(COc1ccc(Cl)c(F)c1)NC12CC(n3cc(C4[C@H]5CN(CC(F)(F)F)C[C@@H]45)cn3)(C1)C2. The highest BCUT2D eigenvalue weighted by molar-refractivity contribution is 6.30. The van der Waals surface area contributed by atoms with Crippen LogP contribution in [0.5, 0.6) is 5.75 Å². The molecular formula is C23H23ClF4N4O2. The van der Waals surface area contributed by atoms with Gasteiger partial charge in [0.25, 0.3) is 5.91 Å². The molecule has 1 aromatic carbocycles. The number of amides is 1. The number of hydrogen-bond acceptors (Lipinski definition) is 4. The Morgan fingerprint density at radius 1 is 1.24 bits per heavy atom. The van der Waals surface area contributed by atoms with Crippen molar-refractivity contribution in [1.82, 2.24) is 20.0 Å². The molecule has 34 heavy (non-hydrogen) atoms. The Hall–Kier alpha value is -2.33. The van der Waals surface area contributed by atoms with E-state index in [0.29, 0.717) is 19.0 Å². The third-order valence-electron chi connectivity index (χ3n) is 7.81. The van der Waals surface area contributed by atoms with Crippen LogP contribution in [0.15, 0.2) is 30.6 Å². The lowest BCUT2D eigenvalue weighted by Crippen LogP contribution is -2.79. The lowest BCUT2D eigenvalue weighted by molar-refractivity contribution is -0.160. The number of piperidine rings is 1. The van der Waals surface area contributed by atoms with E-state index in [0.717, 1.165) is 30.9 Å². The number of aromatic nitrogens is 2. The second kappa shape index (κ2) is 7.34. The quantitative estimate of drug-likeness (QED) is 0.591. The van der Waals surface area contributed by atoms with Crippen LogP contribution in [0.1, 0.15) is 30.7 Å². The predicted molar refractivity (Wildman–Crippen MR) is 114 cm³/mol. The number of benzene rings is 1. The van der Waals surface area contributed by atoms with Crippen LogP contribution in [0.25, 0.3) is 0 Å². The molecule has 1 amide bonds. The second-order valence-corrected chi connectivity index (χ2v) is 10.7. The first kappa shape index (κ1) is 22.2. The Labute approximate surface area is 198 Å². The lowest BCUT2D eigenvalue weighted by atomic mass is 9.44. The van der Waals surface area contributed by atoms with Gasteiger partial charge < -0.3 is 10.1 Å². The molecule has 2 heterocycles. The highest BCUT2D eigenvalue weighted by Gasteiger charge is 2.70. The molecule has 2 aromatic rings. The van der Waals surface area contributed by atoms with Crippen molar-refractivity contribution in [2.45, 2.75) is 42.4 Å². The Balaban J connectivity index is 0.982. The number of alkyl halides is 3. The minimum atomic E-state index is -4.15. The zero-order valence-electron chi connectivity index (χ0n) is 18.1. The first-order chi connectivity index (χ1) is 16.0. The van der Waals surface area contributed by atoms with Crippen molar-refractivity contribution in [3.05, 3.63) is 47.0 Å². The van der Waals surface area contributed by atoms with Crippen molar-refractivity contribution < 1.29 is 27.1 Å². The maximum Gasteiger partial charge on any atom is 0.401 e. The number of carbonyl (C=O) groups excluding carboxylic acids is 1. The van der Waals surface area contributed by atoms with Crippen molar-refractivity contribution in [1.29, 1.82) is 0 Å². The summed E-state index contributed by atoms with van der Waals surface area (Å²) in [6.45, 7) is -0.0574. The lowest BCUT2D eigenvalue weighted by Gasteiger charge is -2.69. The van der Waals surface area contributed by atoms with Crippen LogP contribution in [0, 0.1) is 17.7 Å². The minimum Gasteiger partial charge on any atom is -0.484 e. The number of likely N-dealkylation sites (tertiary alicyclic amines) is 1. The normalized spacial score (nSPS) is 33.6. The third-order valence-corrected chi connectivity index (χ3v) is 8.12. The molecule has 1 aromatic heterocycles. The third kappa shape index (κ3) is 3.75. The Bertz CT molecular complexity index is 1120. The Morgan fingerprint density at radius 3 is 2.59 bits per heavy atom. The molecule has 1 N–H and O–H groups in total. The number of halogens is 5. The zero-order valence-corrected chi connectivity index (χ0v) is 18.9. The average molecular weight is 499 g/mol. The monoisotopic (exact) mass is 498 g/mol. The fourth-order valence-corrected chi connectivity index (χ4v) is 6.53. The van der Waals surface area contributed by atoms with Crippen LogP contribution in [-0.2, 0) is 10.3 Å². The van der Waals surface area contributed by atoms with E-state index in [1.807, 2.05) is 17.1 Å².